The van der Waals surface area contributed by atoms with Crippen molar-refractivity contribution in [1.29, 1.82) is 0 Å². The number of aryl methyl sites for hydroxylation is 1. The van der Waals surface area contributed by atoms with E-state index in [1.54, 1.807) is 18.8 Å². The van der Waals surface area contributed by atoms with E-state index in [0.717, 1.165) is 29.8 Å². The van der Waals surface area contributed by atoms with E-state index in [2.05, 4.69) is 10.4 Å². The van der Waals surface area contributed by atoms with E-state index in [4.69, 9.17) is 4.74 Å². The van der Waals surface area contributed by atoms with Crippen LogP contribution in [0.2, 0.25) is 0 Å². The van der Waals surface area contributed by atoms with E-state index >= 15 is 0 Å². The Morgan fingerprint density at radius 3 is 2.90 bits per heavy atom. The van der Waals surface area contributed by atoms with Gasteiger partial charge in [-0.05, 0) is 31.0 Å². The summed E-state index contributed by atoms with van der Waals surface area (Å²) in [7, 11) is 3.41. The summed E-state index contributed by atoms with van der Waals surface area (Å²) in [5.41, 5.74) is 2.28. The summed E-state index contributed by atoms with van der Waals surface area (Å²) in [4.78, 5) is 12.1. The van der Waals surface area contributed by atoms with Crippen molar-refractivity contribution in [3.05, 3.63) is 36.0 Å². The highest BCUT2D eigenvalue weighted by Gasteiger charge is 2.25. The van der Waals surface area contributed by atoms with Crippen LogP contribution in [0.25, 0.3) is 11.3 Å². The Kier molecular flexibility index (Phi) is 3.18. The van der Waals surface area contributed by atoms with Gasteiger partial charge in [-0.25, -0.2) is 0 Å². The fourth-order valence-corrected chi connectivity index (χ4v) is 2.09. The van der Waals surface area contributed by atoms with E-state index < -0.39 is 0 Å². The summed E-state index contributed by atoms with van der Waals surface area (Å²) in [6, 6.07) is 9.81. The standard InChI is InChI=1S/C15H17N3O2/c1-18-14(15(19)16-11-6-7-11)9-13(17-18)10-4-3-5-12(8-10)20-2/h3-5,8-9,11H,6-7H2,1-2H3,(H,16,19). The predicted molar refractivity (Wildman–Crippen MR) is 75.7 cm³/mol. The van der Waals surface area contributed by atoms with E-state index in [1.807, 2.05) is 30.3 Å². The van der Waals surface area contributed by atoms with Crippen LogP contribution in [-0.2, 0) is 7.05 Å². The van der Waals surface area contributed by atoms with Gasteiger partial charge in [0.05, 0.1) is 12.8 Å². The number of amides is 1. The second kappa shape index (κ2) is 5.00. The Morgan fingerprint density at radius 2 is 2.20 bits per heavy atom. The summed E-state index contributed by atoms with van der Waals surface area (Å²) in [6.07, 6.45) is 2.15. The topological polar surface area (TPSA) is 56.1 Å². The molecule has 1 aliphatic carbocycles. The molecule has 5 heteroatoms. The number of hydrogen-bond acceptors (Lipinski definition) is 3. The molecule has 1 aromatic heterocycles. The molecule has 1 amide bonds. The van der Waals surface area contributed by atoms with Gasteiger partial charge in [0, 0.05) is 18.7 Å². The molecule has 0 radical (unpaired) electrons. The molecule has 0 unspecified atom stereocenters. The fourth-order valence-electron chi connectivity index (χ4n) is 2.09. The quantitative estimate of drug-likeness (QED) is 0.925. The lowest BCUT2D eigenvalue weighted by atomic mass is 10.1. The van der Waals surface area contributed by atoms with Crippen LogP contribution < -0.4 is 10.1 Å². The zero-order chi connectivity index (χ0) is 14.1. The first-order valence-corrected chi connectivity index (χ1v) is 6.66. The molecule has 1 heterocycles. The van der Waals surface area contributed by atoms with Crippen LogP contribution in [0.5, 0.6) is 5.75 Å². The van der Waals surface area contributed by atoms with Crippen molar-refractivity contribution in [2.75, 3.05) is 7.11 Å². The van der Waals surface area contributed by atoms with Gasteiger partial charge in [-0.15, -0.1) is 0 Å². The van der Waals surface area contributed by atoms with Crippen molar-refractivity contribution in [2.24, 2.45) is 7.05 Å². The van der Waals surface area contributed by atoms with Crippen LogP contribution in [0, 0.1) is 0 Å². The maximum atomic E-state index is 12.1. The average molecular weight is 271 g/mol. The Bertz CT molecular complexity index is 644. The first-order chi connectivity index (χ1) is 9.67. The summed E-state index contributed by atoms with van der Waals surface area (Å²) in [5.74, 6) is 0.716. The summed E-state index contributed by atoms with van der Waals surface area (Å²) >= 11 is 0. The highest BCUT2D eigenvalue weighted by atomic mass is 16.5. The summed E-state index contributed by atoms with van der Waals surface area (Å²) < 4.78 is 6.83. The van der Waals surface area contributed by atoms with Crippen LogP contribution >= 0.6 is 0 Å². The van der Waals surface area contributed by atoms with Crippen LogP contribution in [0.4, 0.5) is 0 Å². The molecular weight excluding hydrogens is 254 g/mol. The van der Waals surface area contributed by atoms with Crippen LogP contribution in [0.15, 0.2) is 30.3 Å². The van der Waals surface area contributed by atoms with Crippen molar-refractivity contribution < 1.29 is 9.53 Å². The van der Waals surface area contributed by atoms with Gasteiger partial charge in [0.1, 0.15) is 11.4 Å². The van der Waals surface area contributed by atoms with Crippen LogP contribution in [0.1, 0.15) is 23.3 Å². The van der Waals surface area contributed by atoms with Crippen molar-refractivity contribution in [3.8, 4) is 17.0 Å². The maximum absolute atomic E-state index is 12.1. The molecule has 20 heavy (non-hydrogen) atoms. The molecule has 5 nitrogen and oxygen atoms in total. The van der Waals surface area contributed by atoms with Crippen LogP contribution in [-0.4, -0.2) is 28.8 Å². The molecule has 0 bridgehead atoms. The second-order valence-corrected chi connectivity index (χ2v) is 5.02. The number of carbonyl (C=O) groups excluding carboxylic acids is 1. The Balaban J connectivity index is 1.88. The van der Waals surface area contributed by atoms with E-state index in [-0.39, 0.29) is 5.91 Å². The first kappa shape index (κ1) is 12.7. The number of nitrogens with one attached hydrogen (secondary N) is 1. The molecule has 104 valence electrons. The molecule has 1 aromatic carbocycles. The highest BCUT2D eigenvalue weighted by molar-refractivity contribution is 5.94. The highest BCUT2D eigenvalue weighted by Crippen LogP contribution is 2.24. The molecule has 3 rings (SSSR count). The number of hydrogen-bond donors (Lipinski definition) is 1. The molecule has 1 saturated carbocycles. The minimum absolute atomic E-state index is 0.0587. The van der Waals surface area contributed by atoms with Gasteiger partial charge >= 0.3 is 0 Å². The second-order valence-electron chi connectivity index (χ2n) is 5.02. The first-order valence-electron chi connectivity index (χ1n) is 6.66. The van der Waals surface area contributed by atoms with Gasteiger partial charge in [-0.2, -0.15) is 5.10 Å². The third-order valence-corrected chi connectivity index (χ3v) is 3.39. The molecule has 1 N–H and O–H groups in total. The number of rotatable bonds is 4. The van der Waals surface area contributed by atoms with Crippen molar-refractivity contribution in [1.82, 2.24) is 15.1 Å². The fraction of sp³-hybridized carbons (Fsp3) is 0.333. The largest absolute Gasteiger partial charge is 0.497 e. The van der Waals surface area contributed by atoms with Crippen molar-refractivity contribution in [2.45, 2.75) is 18.9 Å². The van der Waals surface area contributed by atoms with Gasteiger partial charge in [0.25, 0.3) is 5.91 Å². The third kappa shape index (κ3) is 2.52. The minimum Gasteiger partial charge on any atom is -0.497 e. The molecule has 0 spiro atoms. The molecule has 2 aromatic rings. The predicted octanol–water partition coefficient (Wildman–Crippen LogP) is 1.99. The number of benzene rings is 1. The minimum atomic E-state index is -0.0587. The lowest BCUT2D eigenvalue weighted by Crippen LogP contribution is -2.27. The lowest BCUT2D eigenvalue weighted by molar-refractivity contribution is 0.0941. The SMILES string of the molecule is COc1cccc(-c2cc(C(=O)NC3CC3)n(C)n2)c1. The third-order valence-electron chi connectivity index (χ3n) is 3.39. The van der Waals surface area contributed by atoms with E-state index in [1.165, 1.54) is 0 Å². The van der Waals surface area contributed by atoms with Crippen LogP contribution in [0.3, 0.4) is 0 Å². The van der Waals surface area contributed by atoms with Gasteiger partial charge < -0.3 is 10.1 Å². The zero-order valence-electron chi connectivity index (χ0n) is 11.6. The molecular formula is C15H17N3O2. The molecule has 0 aliphatic heterocycles. The van der Waals surface area contributed by atoms with Gasteiger partial charge in [-0.1, -0.05) is 12.1 Å². The summed E-state index contributed by atoms with van der Waals surface area (Å²) in [6.45, 7) is 0. The zero-order valence-corrected chi connectivity index (χ0v) is 11.6. The molecule has 1 aliphatic rings. The monoisotopic (exact) mass is 271 g/mol. The van der Waals surface area contributed by atoms with E-state index in [0.29, 0.717) is 11.7 Å². The number of nitrogens with zero attached hydrogens (tertiary/aromatic N) is 2. The smallest absolute Gasteiger partial charge is 0.269 e. The number of methoxy groups -OCH3 is 1. The van der Waals surface area contributed by atoms with Crippen molar-refractivity contribution in [3.63, 3.8) is 0 Å². The van der Waals surface area contributed by atoms with Gasteiger partial charge in [-0.3, -0.25) is 9.48 Å². The number of carbonyl (C=O) groups is 1. The van der Waals surface area contributed by atoms with E-state index in [9.17, 15) is 4.79 Å². The Hall–Kier alpha value is -2.30. The lowest BCUT2D eigenvalue weighted by Gasteiger charge is -2.01. The van der Waals surface area contributed by atoms with Gasteiger partial charge in [0.2, 0.25) is 0 Å². The average Bonchev–Trinajstić information content (AvgIpc) is 3.18. The number of ether oxygens (including phenoxy) is 1. The normalized spacial score (nSPS) is 14.1. The Labute approximate surface area is 117 Å². The maximum Gasteiger partial charge on any atom is 0.269 e. The summed E-state index contributed by atoms with van der Waals surface area (Å²) in [5, 5.41) is 7.38. The molecule has 0 atom stereocenters. The molecule has 0 saturated heterocycles. The van der Waals surface area contributed by atoms with Crippen molar-refractivity contribution >= 4 is 5.91 Å². The molecule has 1 fully saturated rings. The Morgan fingerprint density at radius 1 is 1.40 bits per heavy atom. The number of aromatic nitrogens is 2. The van der Waals surface area contributed by atoms with Gasteiger partial charge in [0.15, 0.2) is 0 Å².